The number of hydrogen-bond donors (Lipinski definition) is 2. The van der Waals surface area contributed by atoms with Gasteiger partial charge in [-0.1, -0.05) is 0 Å². The normalized spacial score (nSPS) is 10.8. The van der Waals surface area contributed by atoms with Crippen molar-refractivity contribution in [1.82, 2.24) is 9.36 Å². The number of carboxylic acids is 2. The Kier molecular flexibility index (Phi) is 4.06. The van der Waals surface area contributed by atoms with Gasteiger partial charge in [0.1, 0.15) is 0 Å². The number of nitrogens with zero attached hydrogens (tertiary/aromatic N) is 4. The molecule has 2 aromatic heterocycles. The van der Waals surface area contributed by atoms with Gasteiger partial charge in [0.25, 0.3) is 0 Å². The van der Waals surface area contributed by atoms with E-state index in [-0.39, 0.29) is 11.4 Å². The van der Waals surface area contributed by atoms with Crippen molar-refractivity contribution in [1.29, 1.82) is 0 Å². The number of aryl methyl sites for hydroxylation is 2. The van der Waals surface area contributed by atoms with Gasteiger partial charge in [0, 0.05) is 12.1 Å². The second kappa shape index (κ2) is 5.78. The van der Waals surface area contributed by atoms with Gasteiger partial charge in [-0.2, -0.15) is 0 Å². The minimum Gasteiger partial charge on any atom is -0.476 e. The molecule has 2 rings (SSSR count). The third-order valence-electron chi connectivity index (χ3n) is 3.49. The van der Waals surface area contributed by atoms with Gasteiger partial charge in [0.15, 0.2) is 36.9 Å². The maximum atomic E-state index is 10.9. The van der Waals surface area contributed by atoms with Gasteiger partial charge in [-0.25, -0.2) is 9.59 Å². The largest absolute Gasteiger partial charge is 0.476 e. The van der Waals surface area contributed by atoms with Crippen LogP contribution < -0.4 is 9.36 Å². The predicted molar refractivity (Wildman–Crippen MR) is 69.8 cm³/mol. The summed E-state index contributed by atoms with van der Waals surface area (Å²) in [6, 6.07) is 3.11. The first-order chi connectivity index (χ1) is 9.91. The summed E-state index contributed by atoms with van der Waals surface area (Å²) >= 11 is 0. The minimum atomic E-state index is -0.959. The Hall–Kier alpha value is -2.64. The van der Waals surface area contributed by atoms with E-state index in [0.29, 0.717) is 13.1 Å². The summed E-state index contributed by atoms with van der Waals surface area (Å²) in [5, 5.41) is 18.0. The maximum Gasteiger partial charge on any atom is 0.358 e. The van der Waals surface area contributed by atoms with Crippen LogP contribution in [0.4, 0.5) is 0 Å². The summed E-state index contributed by atoms with van der Waals surface area (Å²) in [6.07, 6.45) is 4.20. The first-order valence-electron chi connectivity index (χ1n) is 6.49. The van der Waals surface area contributed by atoms with E-state index in [1.807, 2.05) is 9.36 Å². The molecular weight excluding hydrogens is 276 g/mol. The zero-order chi connectivity index (χ0) is 15.6. The first kappa shape index (κ1) is 14.8. The fraction of sp³-hybridized carbons (Fsp3) is 0.385. The average molecular weight is 294 g/mol. The van der Waals surface area contributed by atoms with Crippen LogP contribution in [0.15, 0.2) is 24.5 Å². The lowest BCUT2D eigenvalue weighted by atomic mass is 10.4. The van der Waals surface area contributed by atoms with Crippen LogP contribution in [-0.4, -0.2) is 31.5 Å². The summed E-state index contributed by atoms with van der Waals surface area (Å²) in [4.78, 5) is 21.9. The summed E-state index contributed by atoms with van der Waals surface area (Å²) in [5.74, 6) is -1.92. The van der Waals surface area contributed by atoms with Crippen LogP contribution in [0.2, 0.25) is 0 Å². The van der Waals surface area contributed by atoms with E-state index in [0.717, 1.165) is 6.42 Å². The van der Waals surface area contributed by atoms with Gasteiger partial charge in [-0.05, 0) is 0 Å². The van der Waals surface area contributed by atoms with Gasteiger partial charge in [0.05, 0.1) is 20.5 Å². The van der Waals surface area contributed by atoms with E-state index in [1.54, 1.807) is 48.0 Å². The summed E-state index contributed by atoms with van der Waals surface area (Å²) in [7, 11) is 3.39. The molecule has 0 aliphatic carbocycles. The molecule has 0 aromatic carbocycles. The van der Waals surface area contributed by atoms with E-state index < -0.39 is 11.9 Å². The second-order valence-electron chi connectivity index (χ2n) is 4.74. The van der Waals surface area contributed by atoms with Crippen LogP contribution >= 0.6 is 0 Å². The molecule has 112 valence electrons. The zero-order valence-corrected chi connectivity index (χ0v) is 11.9. The van der Waals surface area contributed by atoms with E-state index in [9.17, 15) is 9.59 Å². The van der Waals surface area contributed by atoms with Gasteiger partial charge >= 0.3 is 11.9 Å². The third-order valence-corrected chi connectivity index (χ3v) is 3.49. The Morgan fingerprint density at radius 3 is 1.62 bits per heavy atom. The van der Waals surface area contributed by atoms with Crippen molar-refractivity contribution in [3.8, 4) is 0 Å². The van der Waals surface area contributed by atoms with Crippen LogP contribution in [0.25, 0.3) is 0 Å². The SMILES string of the molecule is Cn1c(C(=O)O)cc[n+]1CCC[n+]1ccc(C(=O)O)n1C. The Balaban J connectivity index is 1.99. The monoisotopic (exact) mass is 294 g/mol. The predicted octanol–water partition coefficient (Wildman–Crippen LogP) is -0.575. The number of carboxylic acid groups (broad SMARTS) is 2. The lowest BCUT2D eigenvalue weighted by molar-refractivity contribution is -0.799. The molecule has 0 amide bonds. The Morgan fingerprint density at radius 2 is 1.33 bits per heavy atom. The number of hydrogen-bond acceptors (Lipinski definition) is 2. The molecule has 0 atom stereocenters. The van der Waals surface area contributed by atoms with Crippen molar-refractivity contribution in [3.05, 3.63) is 35.9 Å². The number of rotatable bonds is 6. The zero-order valence-electron chi connectivity index (χ0n) is 11.9. The van der Waals surface area contributed by atoms with Gasteiger partial charge in [0.2, 0.25) is 0 Å². The van der Waals surface area contributed by atoms with Crippen LogP contribution in [0.1, 0.15) is 27.4 Å². The lowest BCUT2D eigenvalue weighted by Gasteiger charge is -1.99. The van der Waals surface area contributed by atoms with E-state index in [4.69, 9.17) is 10.2 Å². The molecule has 0 bridgehead atoms. The minimum absolute atomic E-state index is 0.231. The molecule has 0 saturated carbocycles. The average Bonchev–Trinajstić information content (AvgIpc) is 2.95. The smallest absolute Gasteiger partial charge is 0.358 e. The molecule has 2 heterocycles. The fourth-order valence-corrected chi connectivity index (χ4v) is 2.27. The molecule has 8 heteroatoms. The molecule has 0 radical (unpaired) electrons. The van der Waals surface area contributed by atoms with Crippen LogP contribution in [0.3, 0.4) is 0 Å². The highest BCUT2D eigenvalue weighted by atomic mass is 16.4. The van der Waals surface area contributed by atoms with Crippen molar-refractivity contribution >= 4 is 11.9 Å². The molecule has 2 N–H and O–H groups in total. The van der Waals surface area contributed by atoms with E-state index >= 15 is 0 Å². The molecule has 0 aliphatic heterocycles. The van der Waals surface area contributed by atoms with Crippen LogP contribution in [-0.2, 0) is 27.2 Å². The summed E-state index contributed by atoms with van der Waals surface area (Å²) in [6.45, 7) is 1.29. The Labute approximate surface area is 121 Å². The van der Waals surface area contributed by atoms with E-state index in [2.05, 4.69) is 0 Å². The Bertz CT molecular complexity index is 628. The molecule has 0 fully saturated rings. The number of carbonyl (C=O) groups is 2. The maximum absolute atomic E-state index is 10.9. The van der Waals surface area contributed by atoms with Crippen LogP contribution in [0, 0.1) is 0 Å². The standard InChI is InChI=1S/C13H16N4O4/c1-14-10(12(18)19)4-8-16(14)6-3-7-17-9-5-11(13(20)21)15(17)2/h4-5,8-9H,3,6-7H2,1-2H3/p+2. The number of aromatic carboxylic acids is 2. The lowest BCUT2D eigenvalue weighted by Crippen LogP contribution is -2.47. The van der Waals surface area contributed by atoms with Crippen molar-refractivity contribution in [2.45, 2.75) is 19.5 Å². The molecule has 21 heavy (non-hydrogen) atoms. The van der Waals surface area contributed by atoms with Crippen LogP contribution in [0.5, 0.6) is 0 Å². The first-order valence-corrected chi connectivity index (χ1v) is 6.49. The molecule has 0 spiro atoms. The topological polar surface area (TPSA) is 92.2 Å². The molecule has 0 unspecified atom stereocenters. The molecular formula is C13H18N4O4+2. The highest BCUT2D eigenvalue weighted by Crippen LogP contribution is 1.96. The summed E-state index contributed by atoms with van der Waals surface area (Å²) in [5.41, 5.74) is 0.462. The molecule has 0 aliphatic rings. The molecule has 2 aromatic rings. The number of aromatic nitrogens is 4. The van der Waals surface area contributed by atoms with Gasteiger partial charge in [-0.15, -0.1) is 18.7 Å². The Morgan fingerprint density at radius 1 is 0.952 bits per heavy atom. The highest BCUT2D eigenvalue weighted by Gasteiger charge is 2.19. The summed E-state index contributed by atoms with van der Waals surface area (Å²) < 4.78 is 6.79. The van der Waals surface area contributed by atoms with Gasteiger partial charge in [-0.3, -0.25) is 0 Å². The molecule has 8 nitrogen and oxygen atoms in total. The van der Waals surface area contributed by atoms with E-state index in [1.165, 1.54) is 0 Å². The third kappa shape index (κ3) is 2.93. The van der Waals surface area contributed by atoms with Crippen molar-refractivity contribution < 1.29 is 29.2 Å². The highest BCUT2D eigenvalue weighted by molar-refractivity contribution is 5.85. The quantitative estimate of drug-likeness (QED) is 0.698. The second-order valence-corrected chi connectivity index (χ2v) is 4.74. The van der Waals surface area contributed by atoms with Crippen molar-refractivity contribution in [3.63, 3.8) is 0 Å². The fourth-order valence-electron chi connectivity index (χ4n) is 2.27. The van der Waals surface area contributed by atoms with Crippen molar-refractivity contribution in [2.24, 2.45) is 14.1 Å². The van der Waals surface area contributed by atoms with Crippen molar-refractivity contribution in [2.75, 3.05) is 0 Å². The molecule has 0 saturated heterocycles. The van der Waals surface area contributed by atoms with Gasteiger partial charge < -0.3 is 10.2 Å².